The predicted octanol–water partition coefficient (Wildman–Crippen LogP) is 7.89. The molecule has 0 aromatic rings. The monoisotopic (exact) mass is 392 g/mol. The molecule has 0 aromatic heterocycles. The molecule has 0 heterocycles. The van der Waals surface area contributed by atoms with Crippen LogP contribution in [0.15, 0.2) is 12.2 Å². The van der Waals surface area contributed by atoms with Crippen molar-refractivity contribution in [3.05, 3.63) is 12.2 Å². The molecule has 0 amide bonds. The molecule has 0 bridgehead atoms. The molecule has 3 aliphatic rings. The summed E-state index contributed by atoms with van der Waals surface area (Å²) in [6.45, 7) is -0.148. The molecule has 0 radical (unpaired) electrons. The molecule has 3 aliphatic carbocycles. The van der Waals surface area contributed by atoms with E-state index < -0.39 is 0 Å². The average molecular weight is 393 g/mol. The Kier molecular flexibility index (Phi) is 9.85. The summed E-state index contributed by atoms with van der Waals surface area (Å²) in [7, 11) is 1.88. The zero-order valence-corrected chi connectivity index (χ0v) is 18.4. The zero-order chi connectivity index (χ0) is 19.6. The molecule has 2 heteroatoms. The first-order valence-electron chi connectivity index (χ1n) is 12.6. The van der Waals surface area contributed by atoms with Crippen LogP contribution in [-0.4, -0.2) is 19.9 Å². The van der Waals surface area contributed by atoms with Gasteiger partial charge in [-0.15, -0.1) is 0 Å². The number of allylic oxidation sites excluding steroid dienone is 2. The predicted molar refractivity (Wildman–Crippen MR) is 117 cm³/mol. The normalized spacial score (nSPS) is 37.4. The molecule has 1 nitrogen and oxygen atoms in total. The van der Waals surface area contributed by atoms with Crippen LogP contribution < -0.4 is 0 Å². The van der Waals surface area contributed by atoms with Crippen molar-refractivity contribution in [1.82, 2.24) is 0 Å². The van der Waals surface area contributed by atoms with E-state index in [4.69, 9.17) is 4.74 Å². The number of ether oxygens (including phenoxy) is 1. The Morgan fingerprint density at radius 1 is 0.679 bits per heavy atom. The van der Waals surface area contributed by atoms with E-state index >= 15 is 0 Å². The molecular formula is C26H45FO. The number of alkyl halides is 1. The summed E-state index contributed by atoms with van der Waals surface area (Å²) in [5, 5.41) is 0. The SMILES string of the molecule is COC1CCC(C2CCC(C3CCC(/C=C/CCCCCF)CC3)CC2)CC1. The van der Waals surface area contributed by atoms with Gasteiger partial charge in [-0.1, -0.05) is 18.6 Å². The van der Waals surface area contributed by atoms with Gasteiger partial charge in [0.25, 0.3) is 0 Å². The van der Waals surface area contributed by atoms with Crippen LogP contribution in [0.2, 0.25) is 0 Å². The fraction of sp³-hybridized carbons (Fsp3) is 0.923. The zero-order valence-electron chi connectivity index (χ0n) is 18.4. The lowest BCUT2D eigenvalue weighted by atomic mass is 9.65. The van der Waals surface area contributed by atoms with Gasteiger partial charge in [-0.3, -0.25) is 4.39 Å². The lowest BCUT2D eigenvalue weighted by molar-refractivity contribution is 0.0359. The summed E-state index contributed by atoms with van der Waals surface area (Å²) in [4.78, 5) is 0. The van der Waals surface area contributed by atoms with Gasteiger partial charge < -0.3 is 4.74 Å². The minimum absolute atomic E-state index is 0.148. The van der Waals surface area contributed by atoms with Crippen LogP contribution in [0.1, 0.15) is 103 Å². The Balaban J connectivity index is 1.29. The fourth-order valence-electron chi connectivity index (χ4n) is 6.51. The van der Waals surface area contributed by atoms with Gasteiger partial charge in [0.1, 0.15) is 0 Å². The maximum Gasteiger partial charge on any atom is 0.0894 e. The summed E-state index contributed by atoms with van der Waals surface area (Å²) in [6, 6.07) is 0. The minimum Gasteiger partial charge on any atom is -0.381 e. The van der Waals surface area contributed by atoms with Gasteiger partial charge in [0.2, 0.25) is 0 Å². The molecule has 0 atom stereocenters. The topological polar surface area (TPSA) is 9.23 Å². The van der Waals surface area contributed by atoms with Gasteiger partial charge in [0, 0.05) is 7.11 Å². The number of methoxy groups -OCH3 is 1. The standard InChI is InChI=1S/C26H45FO/c1-28-26-18-16-25(17-19-26)24-14-12-23(13-15-24)22-10-8-21(9-11-22)7-5-3-2-4-6-20-27/h5,7,21-26H,2-4,6,8-20H2,1H3/b7-5+. The van der Waals surface area contributed by atoms with Gasteiger partial charge in [0.05, 0.1) is 12.8 Å². The molecule has 3 rings (SSSR count). The van der Waals surface area contributed by atoms with Gasteiger partial charge >= 0.3 is 0 Å². The third-order valence-corrected chi connectivity index (χ3v) is 8.43. The van der Waals surface area contributed by atoms with E-state index in [9.17, 15) is 4.39 Å². The molecule has 28 heavy (non-hydrogen) atoms. The fourth-order valence-corrected chi connectivity index (χ4v) is 6.51. The Hall–Kier alpha value is -0.370. The summed E-state index contributed by atoms with van der Waals surface area (Å²) in [5.41, 5.74) is 0. The summed E-state index contributed by atoms with van der Waals surface area (Å²) >= 11 is 0. The van der Waals surface area contributed by atoms with Crippen molar-refractivity contribution in [1.29, 1.82) is 0 Å². The maximum absolute atomic E-state index is 12.1. The Bertz CT molecular complexity index is 424. The number of rotatable bonds is 9. The lowest BCUT2D eigenvalue weighted by Crippen LogP contribution is -2.30. The van der Waals surface area contributed by atoms with E-state index in [2.05, 4.69) is 12.2 Å². The number of unbranched alkanes of at least 4 members (excludes halogenated alkanes) is 3. The van der Waals surface area contributed by atoms with Crippen molar-refractivity contribution in [2.75, 3.05) is 13.8 Å². The van der Waals surface area contributed by atoms with Crippen molar-refractivity contribution < 1.29 is 9.13 Å². The van der Waals surface area contributed by atoms with Crippen molar-refractivity contribution in [2.45, 2.75) is 109 Å². The number of hydrogen-bond donors (Lipinski definition) is 0. The highest BCUT2D eigenvalue weighted by molar-refractivity contribution is 4.93. The van der Waals surface area contributed by atoms with E-state index in [0.29, 0.717) is 6.10 Å². The smallest absolute Gasteiger partial charge is 0.0894 e. The molecule has 0 unspecified atom stereocenters. The van der Waals surface area contributed by atoms with E-state index in [-0.39, 0.29) is 6.67 Å². The molecule has 0 aromatic carbocycles. The van der Waals surface area contributed by atoms with E-state index in [1.807, 2.05) is 7.11 Å². The van der Waals surface area contributed by atoms with Gasteiger partial charge in [-0.2, -0.15) is 0 Å². The highest BCUT2D eigenvalue weighted by Crippen LogP contribution is 2.45. The van der Waals surface area contributed by atoms with E-state index in [1.165, 1.54) is 77.0 Å². The Morgan fingerprint density at radius 2 is 1.18 bits per heavy atom. The van der Waals surface area contributed by atoms with Crippen LogP contribution in [0.3, 0.4) is 0 Å². The minimum atomic E-state index is -0.148. The Labute approximate surface area is 173 Å². The third kappa shape index (κ3) is 6.85. The van der Waals surface area contributed by atoms with Crippen molar-refractivity contribution >= 4 is 0 Å². The number of hydrogen-bond acceptors (Lipinski definition) is 1. The van der Waals surface area contributed by atoms with Crippen molar-refractivity contribution in [3.8, 4) is 0 Å². The van der Waals surface area contributed by atoms with Crippen LogP contribution in [-0.2, 0) is 4.74 Å². The molecule has 162 valence electrons. The Morgan fingerprint density at radius 3 is 1.68 bits per heavy atom. The second kappa shape index (κ2) is 12.4. The molecule has 3 fully saturated rings. The summed E-state index contributed by atoms with van der Waals surface area (Å²) in [6.07, 6.45) is 26.7. The largest absolute Gasteiger partial charge is 0.381 e. The average Bonchev–Trinajstić information content (AvgIpc) is 2.77. The summed E-state index contributed by atoms with van der Waals surface area (Å²) in [5.74, 6) is 4.88. The van der Waals surface area contributed by atoms with E-state index in [0.717, 1.165) is 55.3 Å². The highest BCUT2D eigenvalue weighted by atomic mass is 19.1. The molecule has 0 aliphatic heterocycles. The first kappa shape index (κ1) is 22.3. The van der Waals surface area contributed by atoms with Crippen LogP contribution in [0.4, 0.5) is 4.39 Å². The highest BCUT2D eigenvalue weighted by Gasteiger charge is 2.34. The van der Waals surface area contributed by atoms with E-state index in [1.54, 1.807) is 0 Å². The van der Waals surface area contributed by atoms with Crippen LogP contribution in [0, 0.1) is 29.6 Å². The van der Waals surface area contributed by atoms with Gasteiger partial charge in [-0.05, 0) is 126 Å². The van der Waals surface area contributed by atoms with Crippen molar-refractivity contribution in [2.24, 2.45) is 29.6 Å². The first-order chi connectivity index (χ1) is 13.8. The molecular weight excluding hydrogens is 347 g/mol. The molecule has 0 spiro atoms. The number of halogens is 1. The molecule has 0 saturated heterocycles. The van der Waals surface area contributed by atoms with Crippen LogP contribution in [0.25, 0.3) is 0 Å². The van der Waals surface area contributed by atoms with Gasteiger partial charge in [0.15, 0.2) is 0 Å². The molecule has 3 saturated carbocycles. The maximum atomic E-state index is 12.1. The van der Waals surface area contributed by atoms with Crippen LogP contribution in [0.5, 0.6) is 0 Å². The lowest BCUT2D eigenvalue weighted by Gasteiger charge is -2.41. The molecule has 0 N–H and O–H groups in total. The quantitative estimate of drug-likeness (QED) is 0.286. The van der Waals surface area contributed by atoms with Gasteiger partial charge in [-0.25, -0.2) is 0 Å². The summed E-state index contributed by atoms with van der Waals surface area (Å²) < 4.78 is 17.7. The second-order valence-corrected chi connectivity index (χ2v) is 10.1. The third-order valence-electron chi connectivity index (χ3n) is 8.43. The second-order valence-electron chi connectivity index (χ2n) is 10.1. The van der Waals surface area contributed by atoms with Crippen LogP contribution >= 0.6 is 0 Å². The first-order valence-corrected chi connectivity index (χ1v) is 12.6. The van der Waals surface area contributed by atoms with Crippen molar-refractivity contribution in [3.63, 3.8) is 0 Å².